The van der Waals surface area contributed by atoms with Gasteiger partial charge in [0.2, 0.25) is 0 Å². The van der Waals surface area contributed by atoms with Crippen LogP contribution in [0, 0.1) is 0 Å². The van der Waals surface area contributed by atoms with Crippen molar-refractivity contribution in [1.29, 1.82) is 0 Å². The minimum atomic E-state index is 1.01. The van der Waals surface area contributed by atoms with Gasteiger partial charge in [-0.15, -0.1) is 0 Å². The van der Waals surface area contributed by atoms with Gasteiger partial charge < -0.3 is 10.2 Å². The van der Waals surface area contributed by atoms with E-state index in [1.54, 1.807) is 0 Å². The molecule has 3 heteroatoms. The summed E-state index contributed by atoms with van der Waals surface area (Å²) < 4.78 is 0. The highest BCUT2D eigenvalue weighted by atomic mass is 15.0. The van der Waals surface area contributed by atoms with E-state index in [-0.39, 0.29) is 0 Å². The van der Waals surface area contributed by atoms with Crippen molar-refractivity contribution in [2.75, 3.05) is 34.7 Å². The maximum atomic E-state index is 4.32. The first kappa shape index (κ1) is 13.2. The van der Waals surface area contributed by atoms with E-state index in [1.807, 2.05) is 14.1 Å². The molecule has 0 bridgehead atoms. The lowest BCUT2D eigenvalue weighted by Crippen LogP contribution is -2.19. The number of rotatable bonds is 5. The first-order chi connectivity index (χ1) is 6.52. The van der Waals surface area contributed by atoms with Gasteiger partial charge in [0.25, 0.3) is 0 Å². The number of hydrogen-bond acceptors (Lipinski definition) is 3. The highest BCUT2D eigenvalue weighted by Crippen LogP contribution is 2.06. The van der Waals surface area contributed by atoms with Crippen LogP contribution < -0.4 is 5.32 Å². The molecule has 0 aromatic carbocycles. The van der Waals surface area contributed by atoms with Crippen LogP contribution in [0.2, 0.25) is 0 Å². The molecule has 0 aliphatic carbocycles. The SMILES string of the molecule is C/N=C(CCN(C)C)\C(C)=C(/C)NC. The summed E-state index contributed by atoms with van der Waals surface area (Å²) in [7, 11) is 7.96. The van der Waals surface area contributed by atoms with Gasteiger partial charge in [-0.3, -0.25) is 4.99 Å². The van der Waals surface area contributed by atoms with Crippen LogP contribution in [-0.2, 0) is 0 Å². The Bertz CT molecular complexity index is 227. The van der Waals surface area contributed by atoms with E-state index < -0.39 is 0 Å². The Labute approximate surface area is 87.9 Å². The second kappa shape index (κ2) is 6.60. The standard InChI is InChI=1S/C11H23N3/c1-9(10(2)12-3)11(13-4)7-8-14(5)6/h12H,7-8H2,1-6H3/b10-9+,13-11-. The molecule has 0 amide bonds. The number of nitrogens with one attached hydrogen (secondary N) is 1. The van der Waals surface area contributed by atoms with Crippen molar-refractivity contribution in [3.05, 3.63) is 11.3 Å². The fourth-order valence-corrected chi connectivity index (χ4v) is 1.20. The zero-order chi connectivity index (χ0) is 11.1. The smallest absolute Gasteiger partial charge is 0.0403 e. The predicted molar refractivity (Wildman–Crippen MR) is 64.0 cm³/mol. The molecule has 0 unspecified atom stereocenters. The van der Waals surface area contributed by atoms with Crippen molar-refractivity contribution < 1.29 is 0 Å². The van der Waals surface area contributed by atoms with Crippen LogP contribution in [-0.4, -0.2) is 45.3 Å². The van der Waals surface area contributed by atoms with Gasteiger partial charge in [0.15, 0.2) is 0 Å². The van der Waals surface area contributed by atoms with E-state index in [1.165, 1.54) is 17.0 Å². The molecule has 0 radical (unpaired) electrons. The van der Waals surface area contributed by atoms with Crippen LogP contribution in [0.5, 0.6) is 0 Å². The van der Waals surface area contributed by atoms with Gasteiger partial charge in [0.05, 0.1) is 0 Å². The second-order valence-corrected chi connectivity index (χ2v) is 3.72. The first-order valence-electron chi connectivity index (χ1n) is 4.99. The number of aliphatic imine (C=N–C) groups is 1. The highest BCUT2D eigenvalue weighted by molar-refractivity contribution is 6.00. The third-order valence-corrected chi connectivity index (χ3v) is 2.44. The van der Waals surface area contributed by atoms with Crippen LogP contribution in [0.3, 0.4) is 0 Å². The van der Waals surface area contributed by atoms with Gasteiger partial charge in [-0.2, -0.15) is 0 Å². The van der Waals surface area contributed by atoms with E-state index in [0.717, 1.165) is 13.0 Å². The third kappa shape index (κ3) is 4.42. The molecule has 1 N–H and O–H groups in total. The Morgan fingerprint density at radius 3 is 2.21 bits per heavy atom. The monoisotopic (exact) mass is 197 g/mol. The van der Waals surface area contributed by atoms with Crippen LogP contribution in [0.25, 0.3) is 0 Å². The summed E-state index contributed by atoms with van der Waals surface area (Å²) in [5.74, 6) is 0. The van der Waals surface area contributed by atoms with Crippen molar-refractivity contribution in [2.24, 2.45) is 4.99 Å². The third-order valence-electron chi connectivity index (χ3n) is 2.44. The van der Waals surface area contributed by atoms with Crippen LogP contribution in [0.4, 0.5) is 0 Å². The van der Waals surface area contributed by atoms with Gasteiger partial charge in [-0.05, 0) is 33.5 Å². The van der Waals surface area contributed by atoms with Gasteiger partial charge in [0.1, 0.15) is 0 Å². The Balaban J connectivity index is 4.44. The lowest BCUT2D eigenvalue weighted by Gasteiger charge is -2.13. The molecule has 0 saturated heterocycles. The van der Waals surface area contributed by atoms with E-state index in [0.29, 0.717) is 0 Å². The van der Waals surface area contributed by atoms with Gasteiger partial charge in [-0.25, -0.2) is 0 Å². The maximum absolute atomic E-state index is 4.32. The van der Waals surface area contributed by atoms with Gasteiger partial charge in [-0.1, -0.05) is 0 Å². The summed E-state index contributed by atoms with van der Waals surface area (Å²) in [6.07, 6.45) is 1.01. The number of nitrogens with zero attached hydrogens (tertiary/aromatic N) is 2. The molecule has 0 saturated carbocycles. The molecule has 0 heterocycles. The summed E-state index contributed by atoms with van der Waals surface area (Å²) in [5.41, 5.74) is 3.65. The van der Waals surface area contributed by atoms with Crippen LogP contribution in [0.1, 0.15) is 20.3 Å². The number of hydrogen-bond donors (Lipinski definition) is 1. The lowest BCUT2D eigenvalue weighted by molar-refractivity contribution is 0.422. The van der Waals surface area contributed by atoms with Crippen molar-refractivity contribution in [2.45, 2.75) is 20.3 Å². The van der Waals surface area contributed by atoms with E-state index in [9.17, 15) is 0 Å². The van der Waals surface area contributed by atoms with Gasteiger partial charge >= 0.3 is 0 Å². The van der Waals surface area contributed by atoms with E-state index in [4.69, 9.17) is 0 Å². The van der Waals surface area contributed by atoms with Crippen molar-refractivity contribution in [1.82, 2.24) is 10.2 Å². The second-order valence-electron chi connectivity index (χ2n) is 3.72. The molecule has 0 aliphatic heterocycles. The van der Waals surface area contributed by atoms with E-state index >= 15 is 0 Å². The summed E-state index contributed by atoms with van der Waals surface area (Å²) in [6, 6.07) is 0. The molecule has 0 aliphatic rings. The molecule has 0 fully saturated rings. The molecular weight excluding hydrogens is 174 g/mol. The molecule has 3 nitrogen and oxygen atoms in total. The topological polar surface area (TPSA) is 27.6 Å². The predicted octanol–water partition coefficient (Wildman–Crippen LogP) is 1.52. The molecule has 14 heavy (non-hydrogen) atoms. The molecule has 0 aromatic heterocycles. The van der Waals surface area contributed by atoms with E-state index in [2.05, 4.69) is 43.2 Å². The number of allylic oxidation sites excluding steroid dienone is 2. The maximum Gasteiger partial charge on any atom is 0.0403 e. The van der Waals surface area contributed by atoms with Crippen molar-refractivity contribution >= 4 is 5.71 Å². The summed E-state index contributed by atoms with van der Waals surface area (Å²) in [6.45, 7) is 5.24. The molecule has 0 aromatic rings. The average Bonchev–Trinajstić information content (AvgIpc) is 2.16. The van der Waals surface area contributed by atoms with Crippen molar-refractivity contribution in [3.63, 3.8) is 0 Å². The highest BCUT2D eigenvalue weighted by Gasteiger charge is 2.04. The van der Waals surface area contributed by atoms with Crippen LogP contribution in [0.15, 0.2) is 16.3 Å². The Kier molecular flexibility index (Phi) is 6.21. The largest absolute Gasteiger partial charge is 0.391 e. The zero-order valence-electron chi connectivity index (χ0n) is 10.3. The Hall–Kier alpha value is -0.830. The van der Waals surface area contributed by atoms with Gasteiger partial charge in [0, 0.05) is 38.5 Å². The first-order valence-corrected chi connectivity index (χ1v) is 4.99. The lowest BCUT2D eigenvalue weighted by atomic mass is 10.1. The minimum absolute atomic E-state index is 1.01. The Morgan fingerprint density at radius 1 is 1.29 bits per heavy atom. The Morgan fingerprint density at radius 2 is 1.86 bits per heavy atom. The fraction of sp³-hybridized carbons (Fsp3) is 0.727. The molecule has 82 valence electrons. The van der Waals surface area contributed by atoms with Crippen LogP contribution >= 0.6 is 0 Å². The normalized spacial score (nSPS) is 14.4. The zero-order valence-corrected chi connectivity index (χ0v) is 10.3. The molecule has 0 rings (SSSR count). The minimum Gasteiger partial charge on any atom is -0.391 e. The quantitative estimate of drug-likeness (QED) is 0.677. The van der Waals surface area contributed by atoms with Crippen molar-refractivity contribution in [3.8, 4) is 0 Å². The fourth-order valence-electron chi connectivity index (χ4n) is 1.20. The summed E-state index contributed by atoms with van der Waals surface area (Å²) in [4.78, 5) is 6.49. The average molecular weight is 197 g/mol. The summed E-state index contributed by atoms with van der Waals surface area (Å²) >= 11 is 0. The molecule has 0 spiro atoms. The molecule has 0 atom stereocenters. The molecular formula is C11H23N3. The summed E-state index contributed by atoms with van der Waals surface area (Å²) in [5, 5.41) is 3.15.